The minimum absolute atomic E-state index is 0.239. The fourth-order valence-electron chi connectivity index (χ4n) is 2.64. The molecule has 0 bridgehead atoms. The van der Waals surface area contributed by atoms with Crippen LogP contribution in [-0.4, -0.2) is 25.1 Å². The number of ether oxygens (including phenoxy) is 1. The van der Waals surface area contributed by atoms with Crippen LogP contribution >= 0.6 is 22.6 Å². The van der Waals surface area contributed by atoms with E-state index in [-0.39, 0.29) is 5.97 Å². The van der Waals surface area contributed by atoms with Crippen molar-refractivity contribution in [2.75, 3.05) is 11.0 Å². The minimum atomic E-state index is -1.75. The van der Waals surface area contributed by atoms with Crippen molar-refractivity contribution < 1.29 is 9.53 Å². The average Bonchev–Trinajstić information content (AvgIpc) is 2.62. The third kappa shape index (κ3) is 5.54. The summed E-state index contributed by atoms with van der Waals surface area (Å²) in [6.07, 6.45) is 1.68. The smallest absolute Gasteiger partial charge is 0.338 e. The summed E-state index contributed by atoms with van der Waals surface area (Å²) in [5.41, 5.74) is 1.74. The van der Waals surface area contributed by atoms with Crippen LogP contribution in [0.3, 0.4) is 0 Å². The summed E-state index contributed by atoms with van der Waals surface area (Å²) in [4.78, 5) is 12.1. The first-order chi connectivity index (χ1) is 11.9. The molecule has 25 heavy (non-hydrogen) atoms. The van der Waals surface area contributed by atoms with Crippen LogP contribution in [0.2, 0.25) is 13.1 Å². The number of esters is 1. The monoisotopic (exact) mass is 464 g/mol. The SMILES string of the molecule is C=C(Cc1cccc(C(=O)OCCCI)c1)[Si](C)(C)c1ccccc1. The number of allylic oxidation sites excluding steroid dienone is 1. The van der Waals surface area contributed by atoms with Gasteiger partial charge in [-0.25, -0.2) is 4.79 Å². The van der Waals surface area contributed by atoms with Crippen LogP contribution in [0.5, 0.6) is 0 Å². The Morgan fingerprint density at radius 3 is 2.52 bits per heavy atom. The van der Waals surface area contributed by atoms with Gasteiger partial charge < -0.3 is 4.74 Å². The Hall–Kier alpha value is -1.40. The number of hydrogen-bond donors (Lipinski definition) is 0. The summed E-state index contributed by atoms with van der Waals surface area (Å²) in [5, 5.41) is 2.64. The van der Waals surface area contributed by atoms with Gasteiger partial charge in [-0.1, -0.05) is 88.5 Å². The lowest BCUT2D eigenvalue weighted by Crippen LogP contribution is -2.44. The third-order valence-electron chi connectivity index (χ3n) is 4.47. The highest BCUT2D eigenvalue weighted by atomic mass is 127. The number of carbonyl (C=O) groups excluding carboxylic acids is 1. The van der Waals surface area contributed by atoms with Gasteiger partial charge in [-0.2, -0.15) is 0 Å². The lowest BCUT2D eigenvalue weighted by molar-refractivity contribution is 0.0507. The summed E-state index contributed by atoms with van der Waals surface area (Å²) in [5.74, 6) is -0.239. The molecule has 0 aliphatic rings. The van der Waals surface area contributed by atoms with E-state index in [9.17, 15) is 4.79 Å². The first kappa shape index (κ1) is 19.9. The zero-order valence-electron chi connectivity index (χ0n) is 14.9. The van der Waals surface area contributed by atoms with Gasteiger partial charge in [0.05, 0.1) is 12.2 Å². The molecule has 2 aromatic carbocycles. The van der Waals surface area contributed by atoms with Gasteiger partial charge in [0.15, 0.2) is 0 Å². The Balaban J connectivity index is 2.08. The molecule has 0 heterocycles. The fourth-order valence-corrected chi connectivity index (χ4v) is 5.03. The Morgan fingerprint density at radius 1 is 1.12 bits per heavy atom. The van der Waals surface area contributed by atoms with Crippen LogP contribution < -0.4 is 5.19 Å². The van der Waals surface area contributed by atoms with Crippen molar-refractivity contribution in [1.29, 1.82) is 0 Å². The highest BCUT2D eigenvalue weighted by Crippen LogP contribution is 2.19. The number of benzene rings is 2. The van der Waals surface area contributed by atoms with Crippen LogP contribution in [0.25, 0.3) is 0 Å². The average molecular weight is 464 g/mol. The first-order valence-electron chi connectivity index (χ1n) is 8.51. The lowest BCUT2D eigenvalue weighted by atomic mass is 10.1. The summed E-state index contributed by atoms with van der Waals surface area (Å²) in [7, 11) is -1.75. The van der Waals surface area contributed by atoms with Gasteiger partial charge in [0, 0.05) is 4.43 Å². The summed E-state index contributed by atoms with van der Waals surface area (Å²) < 4.78 is 6.30. The zero-order valence-corrected chi connectivity index (χ0v) is 18.1. The molecule has 2 rings (SSSR count). The Bertz CT molecular complexity index is 726. The van der Waals surface area contributed by atoms with E-state index >= 15 is 0 Å². The second kappa shape index (κ2) is 9.34. The topological polar surface area (TPSA) is 26.3 Å². The standard InChI is InChI=1S/C21H25IO2Si/c1-17(25(2,3)20-11-5-4-6-12-20)15-18-9-7-10-19(16-18)21(23)24-14-8-13-22/h4-7,9-12,16H,1,8,13-15H2,2-3H3. The van der Waals surface area contributed by atoms with Crippen molar-refractivity contribution in [3.8, 4) is 0 Å². The summed E-state index contributed by atoms with van der Waals surface area (Å²) >= 11 is 2.28. The highest BCUT2D eigenvalue weighted by Gasteiger charge is 2.26. The molecule has 0 spiro atoms. The molecule has 0 aliphatic heterocycles. The van der Waals surface area contributed by atoms with Crippen LogP contribution in [0.15, 0.2) is 66.4 Å². The molecule has 0 N–H and O–H groups in total. The molecule has 2 aromatic rings. The Kier molecular flexibility index (Phi) is 7.44. The molecule has 2 nitrogen and oxygen atoms in total. The van der Waals surface area contributed by atoms with E-state index in [1.807, 2.05) is 24.3 Å². The van der Waals surface area contributed by atoms with E-state index in [1.165, 1.54) is 10.4 Å². The predicted octanol–water partition coefficient (Wildman–Crippen LogP) is 4.92. The van der Waals surface area contributed by atoms with Gasteiger partial charge in [-0.15, -0.1) is 6.58 Å². The third-order valence-corrected chi connectivity index (χ3v) is 8.95. The van der Waals surface area contributed by atoms with Gasteiger partial charge in [-0.3, -0.25) is 0 Å². The van der Waals surface area contributed by atoms with Gasteiger partial charge in [0.25, 0.3) is 0 Å². The van der Waals surface area contributed by atoms with Gasteiger partial charge >= 0.3 is 5.97 Å². The minimum Gasteiger partial charge on any atom is -0.462 e. The molecule has 0 aromatic heterocycles. The second-order valence-corrected chi connectivity index (χ2v) is 12.3. The van der Waals surface area contributed by atoms with Crippen molar-refractivity contribution in [3.63, 3.8) is 0 Å². The molecule has 0 saturated carbocycles. The molecule has 0 aliphatic carbocycles. The molecule has 0 radical (unpaired) electrons. The summed E-state index contributed by atoms with van der Waals surface area (Å²) in [6, 6.07) is 18.3. The molecule has 4 heteroatoms. The van der Waals surface area contributed by atoms with E-state index in [2.05, 4.69) is 72.6 Å². The van der Waals surface area contributed by atoms with Crippen molar-refractivity contribution in [2.24, 2.45) is 0 Å². The molecule has 0 fully saturated rings. The van der Waals surface area contributed by atoms with Gasteiger partial charge in [-0.05, 0) is 30.5 Å². The predicted molar refractivity (Wildman–Crippen MR) is 117 cm³/mol. The highest BCUT2D eigenvalue weighted by molar-refractivity contribution is 14.1. The van der Waals surface area contributed by atoms with Crippen molar-refractivity contribution in [2.45, 2.75) is 25.9 Å². The quantitative estimate of drug-likeness (QED) is 0.182. The molecule has 0 amide bonds. The maximum absolute atomic E-state index is 12.1. The maximum Gasteiger partial charge on any atom is 0.338 e. The molecular formula is C21H25IO2Si. The largest absolute Gasteiger partial charge is 0.462 e. The number of halogens is 1. The fraction of sp³-hybridized carbons (Fsp3) is 0.286. The molecule has 0 atom stereocenters. The van der Waals surface area contributed by atoms with Crippen LogP contribution in [0, 0.1) is 0 Å². The summed E-state index contributed by atoms with van der Waals surface area (Å²) in [6.45, 7) is 9.51. The van der Waals surface area contributed by atoms with E-state index < -0.39 is 8.07 Å². The Morgan fingerprint density at radius 2 is 1.84 bits per heavy atom. The van der Waals surface area contributed by atoms with Gasteiger partial charge in [0.1, 0.15) is 8.07 Å². The van der Waals surface area contributed by atoms with E-state index in [1.54, 1.807) is 0 Å². The van der Waals surface area contributed by atoms with E-state index in [0.717, 1.165) is 22.8 Å². The maximum atomic E-state index is 12.1. The zero-order chi connectivity index (χ0) is 18.3. The van der Waals surface area contributed by atoms with Gasteiger partial charge in [0.2, 0.25) is 0 Å². The van der Waals surface area contributed by atoms with Crippen molar-refractivity contribution in [1.82, 2.24) is 0 Å². The molecular weight excluding hydrogens is 439 g/mol. The molecule has 0 saturated heterocycles. The normalized spacial score (nSPS) is 11.2. The van der Waals surface area contributed by atoms with E-state index in [0.29, 0.717) is 12.2 Å². The van der Waals surface area contributed by atoms with Crippen molar-refractivity contribution >= 4 is 41.8 Å². The molecule has 0 unspecified atom stereocenters. The number of carbonyl (C=O) groups is 1. The van der Waals surface area contributed by atoms with Crippen LogP contribution in [0.4, 0.5) is 0 Å². The first-order valence-corrected chi connectivity index (χ1v) is 13.0. The van der Waals surface area contributed by atoms with Crippen molar-refractivity contribution in [3.05, 3.63) is 77.5 Å². The van der Waals surface area contributed by atoms with Crippen LogP contribution in [-0.2, 0) is 11.2 Å². The number of rotatable bonds is 8. The molecule has 132 valence electrons. The van der Waals surface area contributed by atoms with E-state index in [4.69, 9.17) is 4.74 Å². The number of hydrogen-bond acceptors (Lipinski definition) is 2. The Labute approximate surface area is 165 Å². The second-order valence-electron chi connectivity index (χ2n) is 6.65. The lowest BCUT2D eigenvalue weighted by Gasteiger charge is -2.26. The van der Waals surface area contributed by atoms with Crippen LogP contribution in [0.1, 0.15) is 22.3 Å². The number of alkyl halides is 1.